The number of amides is 3. The minimum Gasteiger partial charge on any atom is -0.444 e. The number of benzene rings is 1. The first-order chi connectivity index (χ1) is 15.1. The first-order valence-electron chi connectivity index (χ1n) is 11.3. The van der Waals surface area contributed by atoms with Crippen molar-refractivity contribution in [2.45, 2.75) is 85.5 Å². The predicted octanol–water partition coefficient (Wildman–Crippen LogP) is 3.32. The molecule has 0 saturated carbocycles. The highest BCUT2D eigenvalue weighted by atomic mass is 16.6. The average Bonchev–Trinajstić information content (AvgIpc) is 2.63. The van der Waals surface area contributed by atoms with E-state index in [4.69, 9.17) is 4.74 Å². The number of aliphatic hydroxyl groups excluding tert-OH is 1. The lowest BCUT2D eigenvalue weighted by molar-refractivity contribution is -0.144. The van der Waals surface area contributed by atoms with Gasteiger partial charge >= 0.3 is 6.09 Å². The van der Waals surface area contributed by atoms with Gasteiger partial charge in [-0.25, -0.2) is 4.79 Å². The highest BCUT2D eigenvalue weighted by Crippen LogP contribution is 2.25. The van der Waals surface area contributed by atoms with E-state index < -0.39 is 35.2 Å². The molecule has 0 heterocycles. The molecule has 2 unspecified atom stereocenters. The lowest BCUT2D eigenvalue weighted by Crippen LogP contribution is -2.56. The summed E-state index contributed by atoms with van der Waals surface area (Å²) in [5, 5.41) is 15.3. The van der Waals surface area contributed by atoms with Gasteiger partial charge < -0.3 is 25.4 Å². The molecule has 3 amide bonds. The van der Waals surface area contributed by atoms with Gasteiger partial charge in [0, 0.05) is 12.1 Å². The summed E-state index contributed by atoms with van der Waals surface area (Å²) in [6.07, 6.45) is -0.718. The number of hydrogen-bond donors (Lipinski definition) is 3. The van der Waals surface area contributed by atoms with E-state index >= 15 is 0 Å². The number of nitrogens with zero attached hydrogens (tertiary/aromatic N) is 1. The first-order valence-corrected chi connectivity index (χ1v) is 11.3. The number of carbonyl (C=O) groups is 3. The van der Waals surface area contributed by atoms with Crippen LogP contribution in [0.4, 0.5) is 4.79 Å². The van der Waals surface area contributed by atoms with Crippen LogP contribution in [0.15, 0.2) is 24.3 Å². The molecule has 0 aliphatic heterocycles. The monoisotopic (exact) mass is 463 g/mol. The summed E-state index contributed by atoms with van der Waals surface area (Å²) in [6.45, 7) is 15.9. The van der Waals surface area contributed by atoms with Crippen LogP contribution in [0, 0.1) is 12.8 Å². The number of hydrogen-bond acceptors (Lipinski definition) is 5. The minimum atomic E-state index is -0.980. The summed E-state index contributed by atoms with van der Waals surface area (Å²) in [5.41, 5.74) is 0.376. The summed E-state index contributed by atoms with van der Waals surface area (Å²) in [7, 11) is 0. The van der Waals surface area contributed by atoms with E-state index in [1.54, 1.807) is 46.8 Å². The lowest BCUT2D eigenvalue weighted by Gasteiger charge is -2.36. The van der Waals surface area contributed by atoms with Gasteiger partial charge in [0.15, 0.2) is 0 Å². The Morgan fingerprint density at radius 1 is 1.03 bits per heavy atom. The second kappa shape index (κ2) is 11.5. The Balaban J connectivity index is 3.41. The molecule has 2 atom stereocenters. The number of ether oxygens (including phenoxy) is 1. The largest absolute Gasteiger partial charge is 0.444 e. The van der Waals surface area contributed by atoms with E-state index in [0.717, 1.165) is 5.56 Å². The van der Waals surface area contributed by atoms with Gasteiger partial charge in [0.25, 0.3) is 0 Å². The van der Waals surface area contributed by atoms with Gasteiger partial charge in [0.05, 0.1) is 6.61 Å². The molecule has 0 bridgehead atoms. The summed E-state index contributed by atoms with van der Waals surface area (Å²) in [6, 6.07) is 5.41. The van der Waals surface area contributed by atoms with Gasteiger partial charge in [-0.15, -0.1) is 0 Å². The van der Waals surface area contributed by atoms with Crippen LogP contribution in [0.5, 0.6) is 0 Å². The van der Waals surface area contributed by atoms with Gasteiger partial charge in [-0.3, -0.25) is 9.59 Å². The molecule has 33 heavy (non-hydrogen) atoms. The molecule has 1 rings (SSSR count). The van der Waals surface area contributed by atoms with Crippen LogP contribution in [-0.2, 0) is 14.3 Å². The number of aryl methyl sites for hydroxylation is 1. The molecule has 3 N–H and O–H groups in total. The fourth-order valence-corrected chi connectivity index (χ4v) is 3.26. The first kappa shape index (κ1) is 28.4. The third-order valence-electron chi connectivity index (χ3n) is 4.68. The van der Waals surface area contributed by atoms with Crippen molar-refractivity contribution in [1.82, 2.24) is 15.5 Å². The van der Waals surface area contributed by atoms with Crippen molar-refractivity contribution in [2.75, 3.05) is 13.2 Å². The van der Waals surface area contributed by atoms with Gasteiger partial charge in [0.2, 0.25) is 11.8 Å². The fourth-order valence-electron chi connectivity index (χ4n) is 3.26. The number of aliphatic hydroxyl groups is 1. The van der Waals surface area contributed by atoms with Crippen molar-refractivity contribution < 1.29 is 24.2 Å². The van der Waals surface area contributed by atoms with Crippen LogP contribution in [-0.4, -0.2) is 58.2 Å². The highest BCUT2D eigenvalue weighted by Gasteiger charge is 2.38. The van der Waals surface area contributed by atoms with Crippen LogP contribution in [0.3, 0.4) is 0 Å². The third-order valence-corrected chi connectivity index (χ3v) is 4.68. The van der Waals surface area contributed by atoms with E-state index in [0.29, 0.717) is 5.56 Å². The van der Waals surface area contributed by atoms with Gasteiger partial charge in [-0.05, 0) is 59.9 Å². The summed E-state index contributed by atoms with van der Waals surface area (Å²) in [4.78, 5) is 40.8. The van der Waals surface area contributed by atoms with Gasteiger partial charge in [-0.1, -0.05) is 43.7 Å². The molecule has 1 aromatic carbocycles. The molecule has 0 aromatic heterocycles. The van der Waals surface area contributed by atoms with Crippen LogP contribution in [0.25, 0.3) is 0 Å². The maximum atomic E-state index is 13.7. The number of alkyl carbamates (subject to hydrolysis) is 1. The van der Waals surface area contributed by atoms with Crippen molar-refractivity contribution >= 4 is 17.9 Å². The molecule has 0 aliphatic carbocycles. The molecule has 0 radical (unpaired) electrons. The van der Waals surface area contributed by atoms with E-state index in [-0.39, 0.29) is 25.0 Å². The smallest absolute Gasteiger partial charge is 0.408 e. The molecule has 0 aliphatic rings. The lowest BCUT2D eigenvalue weighted by atomic mass is 9.97. The Kier molecular flexibility index (Phi) is 9.90. The van der Waals surface area contributed by atoms with E-state index in [9.17, 15) is 19.5 Å². The third kappa shape index (κ3) is 9.42. The number of rotatable bonds is 8. The zero-order chi connectivity index (χ0) is 25.6. The highest BCUT2D eigenvalue weighted by molar-refractivity contribution is 5.92. The van der Waals surface area contributed by atoms with Crippen molar-refractivity contribution in [3.63, 3.8) is 0 Å². The van der Waals surface area contributed by atoms with Crippen LogP contribution < -0.4 is 10.6 Å². The molecular formula is C25H41N3O5. The molecule has 1 aromatic rings. The molecular weight excluding hydrogens is 422 g/mol. The predicted molar refractivity (Wildman–Crippen MR) is 129 cm³/mol. The summed E-state index contributed by atoms with van der Waals surface area (Å²) >= 11 is 0. The van der Waals surface area contributed by atoms with E-state index in [1.807, 2.05) is 39.8 Å². The molecule has 8 nitrogen and oxygen atoms in total. The Morgan fingerprint density at radius 3 is 2.00 bits per heavy atom. The molecule has 8 heteroatoms. The normalized spacial score (nSPS) is 13.8. The Labute approximate surface area is 198 Å². The van der Waals surface area contributed by atoms with Crippen LogP contribution in [0.2, 0.25) is 0 Å². The maximum absolute atomic E-state index is 13.7. The second-order valence-corrected chi connectivity index (χ2v) is 10.7. The zero-order valence-electron chi connectivity index (χ0n) is 21.5. The van der Waals surface area contributed by atoms with Crippen LogP contribution >= 0.6 is 0 Å². The second-order valence-electron chi connectivity index (χ2n) is 10.7. The minimum absolute atomic E-state index is 0.0752. The van der Waals surface area contributed by atoms with Crippen molar-refractivity contribution in [2.24, 2.45) is 5.92 Å². The topological polar surface area (TPSA) is 108 Å². The molecule has 0 saturated heterocycles. The summed E-state index contributed by atoms with van der Waals surface area (Å²) < 4.78 is 5.33. The fraction of sp³-hybridized carbons (Fsp3) is 0.640. The quantitative estimate of drug-likeness (QED) is 0.548. The molecule has 0 fully saturated rings. The van der Waals surface area contributed by atoms with Gasteiger partial charge in [0.1, 0.15) is 17.7 Å². The molecule has 186 valence electrons. The van der Waals surface area contributed by atoms with Gasteiger partial charge in [-0.2, -0.15) is 0 Å². The maximum Gasteiger partial charge on any atom is 0.408 e. The van der Waals surface area contributed by atoms with Crippen LogP contribution in [0.1, 0.15) is 72.6 Å². The Morgan fingerprint density at radius 2 is 1.58 bits per heavy atom. The molecule has 0 spiro atoms. The zero-order valence-corrected chi connectivity index (χ0v) is 21.5. The SMILES string of the molecule is Cc1ccc(C(C(=O)NC(C)(C)C)N(CCO)C(=O)C(NC(=O)OC(C)(C)C)C(C)C)cc1. The standard InChI is InChI=1S/C25H41N3O5/c1-16(2)19(26-23(32)33-25(7,8)9)22(31)28(14-15-29)20(21(30)27-24(4,5)6)18-12-10-17(3)11-13-18/h10-13,16,19-20,29H,14-15H2,1-9H3,(H,26,32)(H,27,30). The Bertz CT molecular complexity index is 807. The van der Waals surface area contributed by atoms with E-state index in [1.165, 1.54) is 4.90 Å². The van der Waals surface area contributed by atoms with Crippen molar-refractivity contribution in [1.29, 1.82) is 0 Å². The van der Waals surface area contributed by atoms with E-state index in [2.05, 4.69) is 10.6 Å². The Hall–Kier alpha value is -2.61. The van der Waals surface area contributed by atoms with Crippen molar-refractivity contribution in [3.05, 3.63) is 35.4 Å². The number of nitrogens with one attached hydrogen (secondary N) is 2. The van der Waals surface area contributed by atoms with Crippen molar-refractivity contribution in [3.8, 4) is 0 Å². The average molecular weight is 464 g/mol. The summed E-state index contributed by atoms with van der Waals surface area (Å²) in [5.74, 6) is -1.12. The number of carbonyl (C=O) groups excluding carboxylic acids is 3.